The van der Waals surface area contributed by atoms with Gasteiger partial charge in [-0.3, -0.25) is 9.59 Å². The van der Waals surface area contributed by atoms with Gasteiger partial charge in [0.15, 0.2) is 5.60 Å². The van der Waals surface area contributed by atoms with Crippen LogP contribution in [0.25, 0.3) is 0 Å². The highest BCUT2D eigenvalue weighted by Crippen LogP contribution is 2.44. The van der Waals surface area contributed by atoms with Crippen LogP contribution in [0, 0.1) is 5.92 Å². The van der Waals surface area contributed by atoms with Gasteiger partial charge in [-0.15, -0.1) is 0 Å². The van der Waals surface area contributed by atoms with E-state index in [2.05, 4.69) is 0 Å². The minimum absolute atomic E-state index is 0.0927. The van der Waals surface area contributed by atoms with Crippen molar-refractivity contribution in [2.24, 2.45) is 11.7 Å². The van der Waals surface area contributed by atoms with Crippen molar-refractivity contribution >= 4 is 23.5 Å². The average molecular weight is 567 g/mol. The molecule has 5 nitrogen and oxygen atoms in total. The second-order valence-corrected chi connectivity index (χ2v) is 11.2. The zero-order valence-electron chi connectivity index (χ0n) is 23.2. The van der Waals surface area contributed by atoms with E-state index in [0.717, 1.165) is 29.5 Å². The van der Waals surface area contributed by atoms with Gasteiger partial charge < -0.3 is 15.4 Å². The number of benzene rings is 4. The summed E-state index contributed by atoms with van der Waals surface area (Å²) in [5.41, 5.74) is 7.55. The lowest BCUT2D eigenvalue weighted by Gasteiger charge is -2.36. The van der Waals surface area contributed by atoms with Crippen LogP contribution in [-0.4, -0.2) is 35.9 Å². The third kappa shape index (κ3) is 5.92. The van der Waals surface area contributed by atoms with E-state index in [1.165, 1.54) is 0 Å². The Kier molecular flexibility index (Phi) is 8.57. The fourth-order valence-electron chi connectivity index (χ4n) is 5.63. The molecule has 5 rings (SSSR count). The average Bonchev–Trinajstić information content (AvgIpc) is 3.82. The van der Waals surface area contributed by atoms with Crippen molar-refractivity contribution in [3.63, 3.8) is 0 Å². The van der Waals surface area contributed by atoms with Gasteiger partial charge in [-0.1, -0.05) is 121 Å². The van der Waals surface area contributed by atoms with Crippen molar-refractivity contribution in [2.45, 2.75) is 36.8 Å². The first kappa shape index (κ1) is 28.6. The monoisotopic (exact) mass is 566 g/mol. The van der Waals surface area contributed by atoms with Crippen LogP contribution in [0.4, 0.5) is 0 Å². The molecule has 1 aliphatic carbocycles. The summed E-state index contributed by atoms with van der Waals surface area (Å²) in [4.78, 5) is 29.7. The number of rotatable bonds is 11. The molecule has 0 bridgehead atoms. The van der Waals surface area contributed by atoms with Crippen molar-refractivity contribution in [3.8, 4) is 0 Å². The van der Waals surface area contributed by atoms with Crippen LogP contribution in [0.5, 0.6) is 0 Å². The summed E-state index contributed by atoms with van der Waals surface area (Å²) in [6.45, 7) is 0.398. The van der Waals surface area contributed by atoms with Crippen LogP contribution in [0.1, 0.15) is 41.5 Å². The molecule has 4 aromatic carbocycles. The van der Waals surface area contributed by atoms with E-state index in [1.54, 1.807) is 18.0 Å². The quantitative estimate of drug-likeness (QED) is 0.169. The minimum Gasteiger partial charge on any atom is -0.444 e. The number of amides is 1. The van der Waals surface area contributed by atoms with E-state index in [-0.39, 0.29) is 17.9 Å². The molecule has 0 aromatic heterocycles. The summed E-state index contributed by atoms with van der Waals surface area (Å²) < 4.78 is 6.58. The van der Waals surface area contributed by atoms with Crippen molar-refractivity contribution in [1.82, 2.24) is 4.90 Å². The fourth-order valence-corrected chi connectivity index (χ4v) is 5.90. The van der Waals surface area contributed by atoms with Gasteiger partial charge >= 0.3 is 5.97 Å². The second kappa shape index (κ2) is 12.3. The molecule has 0 saturated heterocycles. The number of nitrogens with zero attached hydrogens (tertiary/aromatic N) is 1. The lowest BCUT2D eigenvalue weighted by Crippen LogP contribution is -2.47. The van der Waals surface area contributed by atoms with E-state index in [0.29, 0.717) is 23.6 Å². The van der Waals surface area contributed by atoms with Gasteiger partial charge in [0.25, 0.3) is 0 Å². The number of likely N-dealkylation sites (N-methyl/N-ethyl adjacent to an activating group) is 1. The molecule has 1 atom stereocenters. The first-order valence-corrected chi connectivity index (χ1v) is 14.4. The van der Waals surface area contributed by atoms with Gasteiger partial charge in [-0.2, -0.15) is 0 Å². The summed E-state index contributed by atoms with van der Waals surface area (Å²) in [5, 5.41) is 0.475. The van der Waals surface area contributed by atoms with E-state index in [9.17, 15) is 9.59 Å². The molecular formula is C35H35ClN2O3. The Balaban J connectivity index is 1.55. The fraction of sp³-hybridized carbons (Fsp3) is 0.257. The lowest BCUT2D eigenvalue weighted by atomic mass is 9.80. The van der Waals surface area contributed by atoms with Crippen molar-refractivity contribution in [1.29, 1.82) is 0 Å². The van der Waals surface area contributed by atoms with Crippen molar-refractivity contribution < 1.29 is 14.3 Å². The molecule has 1 saturated carbocycles. The maximum atomic E-state index is 14.1. The molecule has 0 aliphatic heterocycles. The Labute approximate surface area is 246 Å². The Morgan fingerprint density at radius 1 is 0.854 bits per heavy atom. The van der Waals surface area contributed by atoms with E-state index < -0.39 is 17.5 Å². The van der Waals surface area contributed by atoms with Crippen LogP contribution in [-0.2, 0) is 26.3 Å². The number of hydrogen-bond acceptors (Lipinski definition) is 4. The topological polar surface area (TPSA) is 72.6 Å². The standard InChI is InChI=1S/C35H35ClN2O3/c1-38(34(25-37)21-22-34)33(40)27(23-26-13-5-2-6-14-26)24-32(39)41-35(28-15-7-3-8-16-28,29-17-9-4-10-18-29)30-19-11-12-20-31(30)36/h2-20,27H,21-25,37H2,1H3/t27-/m1/s1. The molecule has 0 heterocycles. The van der Waals surface area contributed by atoms with Crippen molar-refractivity contribution in [3.05, 3.63) is 143 Å². The maximum Gasteiger partial charge on any atom is 0.308 e. The molecule has 41 heavy (non-hydrogen) atoms. The zero-order valence-corrected chi connectivity index (χ0v) is 24.0. The Bertz CT molecular complexity index is 1430. The second-order valence-electron chi connectivity index (χ2n) is 10.8. The van der Waals surface area contributed by atoms with Gasteiger partial charge in [0.2, 0.25) is 5.91 Å². The van der Waals surface area contributed by atoms with Crippen LogP contribution in [0.15, 0.2) is 115 Å². The third-order valence-corrected chi connectivity index (χ3v) is 8.55. The molecule has 1 aliphatic rings. The Morgan fingerprint density at radius 2 is 1.37 bits per heavy atom. The highest BCUT2D eigenvalue weighted by Gasteiger charge is 2.49. The number of nitrogens with two attached hydrogens (primary N) is 1. The summed E-state index contributed by atoms with van der Waals surface area (Å²) in [7, 11) is 1.80. The Hall–Kier alpha value is -3.93. The number of hydrogen-bond donors (Lipinski definition) is 1. The molecule has 2 N–H and O–H groups in total. The molecule has 1 fully saturated rings. The van der Waals surface area contributed by atoms with Gasteiger partial charge in [-0.05, 0) is 30.9 Å². The molecule has 6 heteroatoms. The van der Waals surface area contributed by atoms with Crippen LogP contribution < -0.4 is 5.73 Å². The largest absolute Gasteiger partial charge is 0.444 e. The molecule has 0 spiro atoms. The highest BCUT2D eigenvalue weighted by molar-refractivity contribution is 6.31. The highest BCUT2D eigenvalue weighted by atomic mass is 35.5. The van der Waals surface area contributed by atoms with Gasteiger partial charge in [0.05, 0.1) is 17.9 Å². The van der Waals surface area contributed by atoms with E-state index >= 15 is 0 Å². The zero-order chi connectivity index (χ0) is 28.9. The van der Waals surface area contributed by atoms with Gasteiger partial charge in [0.1, 0.15) is 0 Å². The van der Waals surface area contributed by atoms with Crippen LogP contribution >= 0.6 is 11.6 Å². The number of ether oxygens (including phenoxy) is 1. The first-order valence-electron chi connectivity index (χ1n) is 14.0. The lowest BCUT2D eigenvalue weighted by molar-refractivity contribution is -0.157. The number of carbonyl (C=O) groups excluding carboxylic acids is 2. The van der Waals surface area contributed by atoms with E-state index in [1.807, 2.05) is 109 Å². The van der Waals surface area contributed by atoms with Crippen LogP contribution in [0.3, 0.4) is 0 Å². The maximum absolute atomic E-state index is 14.1. The molecule has 4 aromatic rings. The number of esters is 1. The predicted octanol–water partition coefficient (Wildman–Crippen LogP) is 6.37. The first-order chi connectivity index (χ1) is 19.9. The third-order valence-electron chi connectivity index (χ3n) is 8.22. The normalized spacial score (nSPS) is 14.6. The van der Waals surface area contributed by atoms with E-state index in [4.69, 9.17) is 22.1 Å². The summed E-state index contributed by atoms with van der Waals surface area (Å²) in [6.07, 6.45) is 2.05. The summed E-state index contributed by atoms with van der Waals surface area (Å²) in [5.74, 6) is -1.20. The molecule has 0 radical (unpaired) electrons. The summed E-state index contributed by atoms with van der Waals surface area (Å²) in [6, 6.07) is 36.4. The smallest absolute Gasteiger partial charge is 0.308 e. The SMILES string of the molecule is CN(C(=O)[C@@H](CC(=O)OC(c1ccccc1)(c1ccccc1)c1ccccc1Cl)Cc1ccccc1)C1(CN)CC1. The van der Waals surface area contributed by atoms with Gasteiger partial charge in [-0.25, -0.2) is 0 Å². The minimum atomic E-state index is -1.32. The van der Waals surface area contributed by atoms with Crippen molar-refractivity contribution in [2.75, 3.05) is 13.6 Å². The molecule has 210 valence electrons. The predicted molar refractivity (Wildman–Crippen MR) is 162 cm³/mol. The summed E-state index contributed by atoms with van der Waals surface area (Å²) >= 11 is 6.81. The number of halogens is 1. The molecule has 1 amide bonds. The molecular weight excluding hydrogens is 532 g/mol. The van der Waals surface area contributed by atoms with Crippen LogP contribution in [0.2, 0.25) is 5.02 Å². The number of carbonyl (C=O) groups is 2. The molecule has 0 unspecified atom stereocenters. The Morgan fingerprint density at radius 3 is 1.88 bits per heavy atom. The van der Waals surface area contributed by atoms with Gasteiger partial charge in [0, 0.05) is 35.3 Å².